The Labute approximate surface area is 63.8 Å². The molecule has 1 aliphatic heterocycles. The van der Waals surface area contributed by atoms with E-state index in [1.54, 1.807) is 0 Å². The lowest BCUT2D eigenvalue weighted by Crippen LogP contribution is -2.40. The SMILES string of the molecule is C[C@@]1(O)O[C@H](CO)[C@H](O)C1O. The fourth-order valence-corrected chi connectivity index (χ4v) is 1.11. The lowest BCUT2D eigenvalue weighted by atomic mass is 10.1. The van der Waals surface area contributed by atoms with Gasteiger partial charge < -0.3 is 25.2 Å². The molecule has 0 spiro atoms. The zero-order chi connectivity index (χ0) is 8.65. The first-order valence-electron chi connectivity index (χ1n) is 3.36. The largest absolute Gasteiger partial charge is 0.394 e. The maximum absolute atomic E-state index is 9.19. The van der Waals surface area contributed by atoms with Crippen molar-refractivity contribution in [3.8, 4) is 0 Å². The zero-order valence-corrected chi connectivity index (χ0v) is 6.14. The van der Waals surface area contributed by atoms with Crippen LogP contribution in [0.15, 0.2) is 0 Å². The Morgan fingerprint density at radius 1 is 1.45 bits per heavy atom. The summed E-state index contributed by atoms with van der Waals surface area (Å²) in [6.45, 7) is 0.810. The van der Waals surface area contributed by atoms with Crippen molar-refractivity contribution in [1.29, 1.82) is 0 Å². The van der Waals surface area contributed by atoms with Gasteiger partial charge in [-0.25, -0.2) is 0 Å². The molecule has 1 rings (SSSR count). The van der Waals surface area contributed by atoms with Crippen molar-refractivity contribution in [1.82, 2.24) is 0 Å². The highest BCUT2D eigenvalue weighted by molar-refractivity contribution is 4.92. The molecule has 0 radical (unpaired) electrons. The normalized spacial score (nSPS) is 51.5. The molecule has 0 saturated carbocycles. The van der Waals surface area contributed by atoms with Crippen LogP contribution in [0, 0.1) is 0 Å². The third-order valence-electron chi connectivity index (χ3n) is 1.82. The highest BCUT2D eigenvalue weighted by atomic mass is 16.7. The monoisotopic (exact) mass is 164 g/mol. The number of aliphatic hydroxyl groups is 4. The maximum atomic E-state index is 9.19. The Balaban J connectivity index is 2.69. The molecule has 0 aromatic heterocycles. The van der Waals surface area contributed by atoms with Crippen LogP contribution in [0.1, 0.15) is 6.92 Å². The van der Waals surface area contributed by atoms with Gasteiger partial charge in [0, 0.05) is 0 Å². The van der Waals surface area contributed by atoms with Gasteiger partial charge in [-0.2, -0.15) is 0 Å². The summed E-state index contributed by atoms with van der Waals surface area (Å²) in [6.07, 6.45) is -3.49. The highest BCUT2D eigenvalue weighted by Gasteiger charge is 2.49. The van der Waals surface area contributed by atoms with Crippen molar-refractivity contribution in [2.24, 2.45) is 0 Å². The second-order valence-electron chi connectivity index (χ2n) is 2.83. The summed E-state index contributed by atoms with van der Waals surface area (Å²) in [5.74, 6) is -1.76. The first kappa shape index (κ1) is 8.89. The van der Waals surface area contributed by atoms with E-state index in [2.05, 4.69) is 0 Å². The topological polar surface area (TPSA) is 90.2 Å². The number of rotatable bonds is 1. The summed E-state index contributed by atoms with van der Waals surface area (Å²) in [5.41, 5.74) is 0. The van der Waals surface area contributed by atoms with E-state index in [-0.39, 0.29) is 0 Å². The molecule has 4 atom stereocenters. The van der Waals surface area contributed by atoms with Crippen molar-refractivity contribution in [3.05, 3.63) is 0 Å². The van der Waals surface area contributed by atoms with Crippen molar-refractivity contribution >= 4 is 0 Å². The second-order valence-corrected chi connectivity index (χ2v) is 2.83. The molecule has 1 unspecified atom stereocenters. The van der Waals surface area contributed by atoms with Crippen molar-refractivity contribution in [2.45, 2.75) is 31.0 Å². The first-order chi connectivity index (χ1) is 4.99. The van der Waals surface area contributed by atoms with Gasteiger partial charge in [-0.1, -0.05) is 0 Å². The fraction of sp³-hybridized carbons (Fsp3) is 1.00. The standard InChI is InChI=1S/C6H12O5/c1-6(10)5(9)4(8)3(2-7)11-6/h3-5,7-10H,2H2,1H3/t3-,4+,5?,6-/m1/s1. The molecular formula is C6H12O5. The number of ether oxygens (including phenoxy) is 1. The van der Waals surface area contributed by atoms with Gasteiger partial charge in [0.05, 0.1) is 6.61 Å². The van der Waals surface area contributed by atoms with Crippen LogP contribution in [0.4, 0.5) is 0 Å². The van der Waals surface area contributed by atoms with E-state index in [0.29, 0.717) is 0 Å². The molecule has 11 heavy (non-hydrogen) atoms. The predicted octanol–water partition coefficient (Wildman–Crippen LogP) is -2.19. The minimum Gasteiger partial charge on any atom is -0.394 e. The summed E-state index contributed by atoms with van der Waals surface area (Å²) in [4.78, 5) is 0. The average molecular weight is 164 g/mol. The quantitative estimate of drug-likeness (QED) is 0.353. The van der Waals surface area contributed by atoms with Crippen LogP contribution in [0.2, 0.25) is 0 Å². The van der Waals surface area contributed by atoms with Crippen LogP contribution in [-0.4, -0.2) is 51.1 Å². The molecule has 0 aromatic rings. The van der Waals surface area contributed by atoms with E-state index >= 15 is 0 Å². The summed E-state index contributed by atoms with van der Waals surface area (Å²) < 4.78 is 4.73. The first-order valence-corrected chi connectivity index (χ1v) is 3.36. The molecule has 4 N–H and O–H groups in total. The van der Waals surface area contributed by atoms with Crippen molar-refractivity contribution in [2.75, 3.05) is 6.61 Å². The molecule has 5 heteroatoms. The van der Waals surface area contributed by atoms with E-state index in [1.807, 2.05) is 0 Å². The van der Waals surface area contributed by atoms with Gasteiger partial charge in [-0.05, 0) is 6.92 Å². The van der Waals surface area contributed by atoms with Gasteiger partial charge >= 0.3 is 0 Å². The van der Waals surface area contributed by atoms with Gasteiger partial charge in [0.15, 0.2) is 5.79 Å². The van der Waals surface area contributed by atoms with Crippen LogP contribution in [0.5, 0.6) is 0 Å². The fourth-order valence-electron chi connectivity index (χ4n) is 1.11. The summed E-state index contributed by atoms with van der Waals surface area (Å²) in [6, 6.07) is 0. The third kappa shape index (κ3) is 1.38. The van der Waals surface area contributed by atoms with Gasteiger partial charge in [-0.15, -0.1) is 0 Å². The molecule has 5 nitrogen and oxygen atoms in total. The van der Waals surface area contributed by atoms with E-state index in [9.17, 15) is 5.11 Å². The molecule has 1 saturated heterocycles. The number of aliphatic hydroxyl groups excluding tert-OH is 3. The lowest BCUT2D eigenvalue weighted by molar-refractivity contribution is -0.217. The Morgan fingerprint density at radius 2 is 2.00 bits per heavy atom. The molecule has 0 aromatic carbocycles. The molecule has 0 amide bonds. The van der Waals surface area contributed by atoms with E-state index in [0.717, 1.165) is 0 Å². The third-order valence-corrected chi connectivity index (χ3v) is 1.82. The average Bonchev–Trinajstić information content (AvgIpc) is 2.13. The Morgan fingerprint density at radius 3 is 2.18 bits per heavy atom. The van der Waals surface area contributed by atoms with Gasteiger partial charge in [0.1, 0.15) is 18.3 Å². The van der Waals surface area contributed by atoms with Crippen molar-refractivity contribution < 1.29 is 25.2 Å². The van der Waals surface area contributed by atoms with Crippen LogP contribution in [-0.2, 0) is 4.74 Å². The molecule has 66 valence electrons. The van der Waals surface area contributed by atoms with Gasteiger partial charge in [-0.3, -0.25) is 0 Å². The number of hydrogen-bond donors (Lipinski definition) is 4. The van der Waals surface area contributed by atoms with E-state index in [1.165, 1.54) is 6.92 Å². The van der Waals surface area contributed by atoms with Crippen LogP contribution in [0.3, 0.4) is 0 Å². The smallest absolute Gasteiger partial charge is 0.192 e. The lowest BCUT2D eigenvalue weighted by Gasteiger charge is -2.19. The Kier molecular flexibility index (Phi) is 2.17. The summed E-state index contributed by atoms with van der Waals surface area (Å²) >= 11 is 0. The van der Waals surface area contributed by atoms with Crippen molar-refractivity contribution in [3.63, 3.8) is 0 Å². The Hall–Kier alpha value is -0.200. The molecule has 0 aliphatic carbocycles. The minimum atomic E-state index is -1.76. The predicted molar refractivity (Wildman–Crippen MR) is 34.6 cm³/mol. The van der Waals surface area contributed by atoms with Gasteiger partial charge in [0.25, 0.3) is 0 Å². The van der Waals surface area contributed by atoms with E-state index < -0.39 is 30.7 Å². The molecule has 1 aliphatic rings. The zero-order valence-electron chi connectivity index (χ0n) is 6.14. The molecule has 1 heterocycles. The van der Waals surface area contributed by atoms with Gasteiger partial charge in [0.2, 0.25) is 0 Å². The number of hydrogen-bond acceptors (Lipinski definition) is 5. The van der Waals surface area contributed by atoms with E-state index in [4.69, 9.17) is 20.1 Å². The molecular weight excluding hydrogens is 152 g/mol. The molecule has 0 bridgehead atoms. The second kappa shape index (κ2) is 2.69. The maximum Gasteiger partial charge on any atom is 0.192 e. The molecule has 1 fully saturated rings. The minimum absolute atomic E-state index is 0.422. The van der Waals surface area contributed by atoms with Crippen LogP contribution in [0.25, 0.3) is 0 Å². The highest BCUT2D eigenvalue weighted by Crippen LogP contribution is 2.27. The van der Waals surface area contributed by atoms with Crippen LogP contribution < -0.4 is 0 Å². The van der Waals surface area contributed by atoms with Crippen LogP contribution >= 0.6 is 0 Å². The summed E-state index contributed by atoms with van der Waals surface area (Å²) in [5, 5.41) is 36.0. The Bertz CT molecular complexity index is 146. The summed E-state index contributed by atoms with van der Waals surface area (Å²) in [7, 11) is 0.